The Morgan fingerprint density at radius 1 is 1.15 bits per heavy atom. The van der Waals surface area contributed by atoms with Crippen molar-refractivity contribution in [3.63, 3.8) is 0 Å². The summed E-state index contributed by atoms with van der Waals surface area (Å²) in [5, 5.41) is 16.3. The van der Waals surface area contributed by atoms with Crippen molar-refractivity contribution in [2.75, 3.05) is 12.4 Å². The number of rotatable bonds is 11. The molecule has 3 atom stereocenters. The lowest BCUT2D eigenvalue weighted by Gasteiger charge is -2.35. The largest absolute Gasteiger partial charge is 0.474 e. The molecule has 1 heterocycles. The number of aliphatic imine (C=N–C) groups is 1. The van der Waals surface area contributed by atoms with E-state index >= 15 is 0 Å². The second-order valence-corrected chi connectivity index (χ2v) is 8.66. The quantitative estimate of drug-likeness (QED) is 0.270. The van der Waals surface area contributed by atoms with Crippen LogP contribution in [0.4, 0.5) is 5.82 Å². The molecule has 0 saturated heterocycles. The number of nitrogens with one attached hydrogen (secondary N) is 2. The summed E-state index contributed by atoms with van der Waals surface area (Å²) in [6, 6.07) is 14.0. The normalized spacial score (nSPS) is 20.8. The Morgan fingerprint density at radius 2 is 1.88 bits per heavy atom. The van der Waals surface area contributed by atoms with Gasteiger partial charge in [-0.15, -0.1) is 0 Å². The molecule has 1 saturated carbocycles. The standard InChI is InChI=1S/C26H36N4O3/c1-17(19(3)31)18(2)29-20(4)30-25-12-11-22(15-28-25)26(27-5)33-24-13-23(14-24)32-16-21-9-7-6-8-10-21/h6-12,15,17,19-20,23-24,29,31H,2,13-14,16H2,1,3-5H3,(H,28,30)/b27-26+/t17-,19+,20?,23-,24-/m1/s1. The van der Waals surface area contributed by atoms with Crippen molar-refractivity contribution in [1.29, 1.82) is 0 Å². The van der Waals surface area contributed by atoms with E-state index < -0.39 is 6.10 Å². The molecule has 3 rings (SSSR count). The third kappa shape index (κ3) is 7.30. The van der Waals surface area contributed by atoms with Crippen LogP contribution >= 0.6 is 0 Å². The summed E-state index contributed by atoms with van der Waals surface area (Å²) >= 11 is 0. The molecular weight excluding hydrogens is 416 g/mol. The molecule has 2 aromatic rings. The lowest BCUT2D eigenvalue weighted by atomic mass is 9.92. The molecule has 1 unspecified atom stereocenters. The molecule has 33 heavy (non-hydrogen) atoms. The third-order valence-electron chi connectivity index (χ3n) is 5.91. The zero-order valence-corrected chi connectivity index (χ0v) is 20.0. The first-order valence-electron chi connectivity index (χ1n) is 11.5. The summed E-state index contributed by atoms with van der Waals surface area (Å²) in [5.41, 5.74) is 2.80. The topological polar surface area (TPSA) is 88.0 Å². The fourth-order valence-corrected chi connectivity index (χ4v) is 3.51. The van der Waals surface area contributed by atoms with Crippen LogP contribution in [0, 0.1) is 5.92 Å². The molecule has 7 heteroatoms. The minimum absolute atomic E-state index is 0.0418. The van der Waals surface area contributed by atoms with E-state index in [1.807, 2.05) is 44.2 Å². The van der Waals surface area contributed by atoms with E-state index in [0.29, 0.717) is 12.5 Å². The van der Waals surface area contributed by atoms with Crippen LogP contribution in [0.5, 0.6) is 0 Å². The zero-order chi connectivity index (χ0) is 23.8. The second kappa shape index (κ2) is 11.8. The van der Waals surface area contributed by atoms with Crippen LogP contribution in [0.2, 0.25) is 0 Å². The average Bonchev–Trinajstić information content (AvgIpc) is 2.78. The Hall–Kier alpha value is -2.90. The Bertz CT molecular complexity index is 909. The van der Waals surface area contributed by atoms with Gasteiger partial charge in [-0.1, -0.05) is 43.8 Å². The summed E-state index contributed by atoms with van der Waals surface area (Å²) < 4.78 is 12.0. The monoisotopic (exact) mass is 452 g/mol. The van der Waals surface area contributed by atoms with Crippen molar-refractivity contribution in [3.05, 3.63) is 72.1 Å². The van der Waals surface area contributed by atoms with E-state index in [0.717, 1.165) is 29.9 Å². The molecule has 1 aliphatic carbocycles. The highest BCUT2D eigenvalue weighted by Gasteiger charge is 2.32. The van der Waals surface area contributed by atoms with Crippen LogP contribution in [0.25, 0.3) is 0 Å². The molecule has 0 spiro atoms. The van der Waals surface area contributed by atoms with Gasteiger partial charge in [0.15, 0.2) is 0 Å². The fourth-order valence-electron chi connectivity index (χ4n) is 3.51. The first-order chi connectivity index (χ1) is 15.9. The van der Waals surface area contributed by atoms with Gasteiger partial charge in [0.1, 0.15) is 11.9 Å². The molecule has 3 N–H and O–H groups in total. The lowest BCUT2D eigenvalue weighted by Crippen LogP contribution is -2.39. The number of aliphatic hydroxyl groups excluding tert-OH is 1. The molecule has 7 nitrogen and oxygen atoms in total. The minimum atomic E-state index is -0.456. The van der Waals surface area contributed by atoms with Gasteiger partial charge >= 0.3 is 0 Å². The fraction of sp³-hybridized carbons (Fsp3) is 0.462. The van der Waals surface area contributed by atoms with Crippen LogP contribution in [0.3, 0.4) is 0 Å². The number of aromatic nitrogens is 1. The maximum Gasteiger partial charge on any atom is 0.217 e. The van der Waals surface area contributed by atoms with Gasteiger partial charge in [0.05, 0.1) is 30.5 Å². The zero-order valence-electron chi connectivity index (χ0n) is 20.0. The molecule has 0 amide bonds. The van der Waals surface area contributed by atoms with Gasteiger partial charge in [0, 0.05) is 37.7 Å². The highest BCUT2D eigenvalue weighted by molar-refractivity contribution is 5.94. The van der Waals surface area contributed by atoms with Crippen molar-refractivity contribution in [1.82, 2.24) is 10.3 Å². The minimum Gasteiger partial charge on any atom is -0.474 e. The maximum atomic E-state index is 9.71. The summed E-state index contributed by atoms with van der Waals surface area (Å²) in [5.74, 6) is 1.27. The molecule has 0 radical (unpaired) electrons. The van der Waals surface area contributed by atoms with E-state index in [9.17, 15) is 5.11 Å². The number of hydrogen-bond acceptors (Lipinski definition) is 7. The van der Waals surface area contributed by atoms with Crippen molar-refractivity contribution >= 4 is 11.7 Å². The summed E-state index contributed by atoms with van der Waals surface area (Å²) in [7, 11) is 1.73. The van der Waals surface area contributed by atoms with E-state index in [1.54, 1.807) is 20.2 Å². The SMILES string of the molecule is C=C(NC(C)Nc1ccc(/C(=N\C)O[C@H]2C[C@H](OCc3ccccc3)C2)cn1)[C@@H](C)[C@H](C)O. The van der Waals surface area contributed by atoms with Crippen LogP contribution in [-0.4, -0.2) is 47.5 Å². The first kappa shape index (κ1) is 24.7. The average molecular weight is 453 g/mol. The second-order valence-electron chi connectivity index (χ2n) is 8.66. The molecule has 1 aliphatic rings. The van der Waals surface area contributed by atoms with Crippen molar-refractivity contribution < 1.29 is 14.6 Å². The van der Waals surface area contributed by atoms with Crippen LogP contribution in [0.1, 0.15) is 44.7 Å². The number of benzene rings is 1. The summed E-state index contributed by atoms with van der Waals surface area (Å²) in [6.07, 6.45) is 3.25. The molecule has 1 aromatic heterocycles. The van der Waals surface area contributed by atoms with Gasteiger partial charge in [-0.3, -0.25) is 4.99 Å². The smallest absolute Gasteiger partial charge is 0.217 e. The lowest BCUT2D eigenvalue weighted by molar-refractivity contribution is -0.0723. The van der Waals surface area contributed by atoms with Gasteiger partial charge in [-0.2, -0.15) is 0 Å². The van der Waals surface area contributed by atoms with Gasteiger partial charge in [0.25, 0.3) is 0 Å². The number of nitrogens with zero attached hydrogens (tertiary/aromatic N) is 2. The van der Waals surface area contributed by atoms with Crippen molar-refractivity contribution in [2.24, 2.45) is 10.9 Å². The highest BCUT2D eigenvalue weighted by Crippen LogP contribution is 2.28. The Kier molecular flexibility index (Phi) is 8.86. The third-order valence-corrected chi connectivity index (χ3v) is 5.91. The van der Waals surface area contributed by atoms with Crippen molar-refractivity contribution in [2.45, 2.75) is 64.7 Å². The molecule has 1 aromatic carbocycles. The molecule has 178 valence electrons. The van der Waals surface area contributed by atoms with E-state index in [-0.39, 0.29) is 24.3 Å². The predicted octanol–water partition coefficient (Wildman–Crippen LogP) is 4.10. The molecular formula is C26H36N4O3. The number of hydrogen-bond donors (Lipinski definition) is 3. The number of ether oxygens (including phenoxy) is 2. The molecule has 0 aliphatic heterocycles. The van der Waals surface area contributed by atoms with Gasteiger partial charge < -0.3 is 25.2 Å². The van der Waals surface area contributed by atoms with Gasteiger partial charge in [0.2, 0.25) is 5.90 Å². The van der Waals surface area contributed by atoms with E-state index in [2.05, 4.69) is 39.3 Å². The van der Waals surface area contributed by atoms with Gasteiger partial charge in [-0.05, 0) is 31.5 Å². The number of anilines is 1. The van der Waals surface area contributed by atoms with E-state index in [4.69, 9.17) is 9.47 Å². The molecule has 1 fully saturated rings. The Balaban J connectivity index is 1.43. The van der Waals surface area contributed by atoms with E-state index in [1.165, 1.54) is 5.56 Å². The van der Waals surface area contributed by atoms with Crippen LogP contribution in [0.15, 0.2) is 65.9 Å². The first-order valence-corrected chi connectivity index (χ1v) is 11.5. The highest BCUT2D eigenvalue weighted by atomic mass is 16.5. The van der Waals surface area contributed by atoms with Crippen LogP contribution in [-0.2, 0) is 16.1 Å². The number of pyridine rings is 1. The predicted molar refractivity (Wildman–Crippen MR) is 132 cm³/mol. The van der Waals surface area contributed by atoms with Gasteiger partial charge in [-0.25, -0.2) is 4.98 Å². The molecule has 0 bridgehead atoms. The van der Waals surface area contributed by atoms with Crippen molar-refractivity contribution in [3.8, 4) is 0 Å². The summed E-state index contributed by atoms with van der Waals surface area (Å²) in [4.78, 5) is 8.80. The maximum absolute atomic E-state index is 9.71. The Morgan fingerprint density at radius 3 is 2.48 bits per heavy atom. The summed E-state index contributed by atoms with van der Waals surface area (Å²) in [6.45, 7) is 10.3. The van der Waals surface area contributed by atoms with Crippen LogP contribution < -0.4 is 10.6 Å². The number of aliphatic hydroxyl groups is 1. The Labute approximate surface area is 197 Å².